The molecule has 4 nitrogen and oxygen atoms in total. The first kappa shape index (κ1) is 17.7. The number of nitrogens with one attached hydrogen (secondary N) is 2. The zero-order chi connectivity index (χ0) is 17.9. The Hall–Kier alpha value is -2.62. The lowest BCUT2D eigenvalue weighted by atomic mass is 9.98. The van der Waals surface area contributed by atoms with Crippen molar-refractivity contribution in [3.8, 4) is 0 Å². The summed E-state index contributed by atoms with van der Waals surface area (Å²) < 4.78 is 0. The smallest absolute Gasteiger partial charge is 0.314 e. The van der Waals surface area contributed by atoms with Crippen LogP contribution in [-0.4, -0.2) is 11.8 Å². The van der Waals surface area contributed by atoms with Crippen molar-refractivity contribution in [1.82, 2.24) is 0 Å². The topological polar surface area (TPSA) is 58.2 Å². The zero-order valence-corrected chi connectivity index (χ0v) is 14.9. The van der Waals surface area contributed by atoms with E-state index in [9.17, 15) is 9.59 Å². The normalized spacial score (nSPS) is 10.6. The molecule has 4 heteroatoms. The first-order valence-corrected chi connectivity index (χ1v) is 8.08. The summed E-state index contributed by atoms with van der Waals surface area (Å²) in [6.45, 7) is 9.92. The molecule has 0 aliphatic heterocycles. The Kier molecular flexibility index (Phi) is 5.39. The Bertz CT molecular complexity index is 779. The molecule has 0 spiro atoms. The van der Waals surface area contributed by atoms with E-state index in [0.717, 1.165) is 22.3 Å². The molecule has 0 aliphatic rings. The summed E-state index contributed by atoms with van der Waals surface area (Å²) in [5.41, 5.74) is 5.35. The standard InChI is InChI=1S/C20H24N2O2/c1-12(2)16-8-6-7-14(4)18(16)22-20(24)19(23)21-17-10-9-13(3)11-15(17)5/h6-12H,1-5H3,(H,21,23)(H,22,24). The van der Waals surface area contributed by atoms with Gasteiger partial charge in [-0.1, -0.05) is 49.7 Å². The molecule has 2 rings (SSSR count). The van der Waals surface area contributed by atoms with Crippen LogP contribution < -0.4 is 10.6 Å². The fourth-order valence-corrected chi connectivity index (χ4v) is 2.65. The largest absolute Gasteiger partial charge is 0.318 e. The van der Waals surface area contributed by atoms with E-state index in [-0.39, 0.29) is 5.92 Å². The van der Waals surface area contributed by atoms with E-state index in [1.807, 2.05) is 57.2 Å². The van der Waals surface area contributed by atoms with Crippen molar-refractivity contribution in [2.24, 2.45) is 0 Å². The Labute approximate surface area is 143 Å². The van der Waals surface area contributed by atoms with E-state index >= 15 is 0 Å². The highest BCUT2D eigenvalue weighted by Gasteiger charge is 2.18. The minimum absolute atomic E-state index is 0.252. The third-order valence-electron chi connectivity index (χ3n) is 4.00. The highest BCUT2D eigenvalue weighted by molar-refractivity contribution is 6.43. The van der Waals surface area contributed by atoms with E-state index in [1.165, 1.54) is 0 Å². The van der Waals surface area contributed by atoms with Gasteiger partial charge in [0.1, 0.15) is 0 Å². The van der Waals surface area contributed by atoms with Gasteiger partial charge in [-0.15, -0.1) is 0 Å². The van der Waals surface area contributed by atoms with Crippen LogP contribution in [0.15, 0.2) is 36.4 Å². The molecule has 2 aromatic carbocycles. The van der Waals surface area contributed by atoms with Gasteiger partial charge in [-0.3, -0.25) is 9.59 Å². The summed E-state index contributed by atoms with van der Waals surface area (Å²) >= 11 is 0. The molecule has 0 atom stereocenters. The maximum absolute atomic E-state index is 12.3. The lowest BCUT2D eigenvalue weighted by Gasteiger charge is -2.16. The number of anilines is 2. The summed E-state index contributed by atoms with van der Waals surface area (Å²) in [6.07, 6.45) is 0. The summed E-state index contributed by atoms with van der Waals surface area (Å²) in [5, 5.41) is 5.43. The number of amides is 2. The average molecular weight is 324 g/mol. The van der Waals surface area contributed by atoms with Gasteiger partial charge in [0.25, 0.3) is 0 Å². The molecule has 0 saturated carbocycles. The second-order valence-corrected chi connectivity index (χ2v) is 6.42. The Morgan fingerprint density at radius 2 is 1.54 bits per heavy atom. The number of rotatable bonds is 3. The summed E-state index contributed by atoms with van der Waals surface area (Å²) in [6, 6.07) is 11.5. The van der Waals surface area contributed by atoms with Crippen LogP contribution in [0.25, 0.3) is 0 Å². The first-order chi connectivity index (χ1) is 11.3. The highest BCUT2D eigenvalue weighted by Crippen LogP contribution is 2.27. The molecular weight excluding hydrogens is 300 g/mol. The van der Waals surface area contributed by atoms with Crippen molar-refractivity contribution < 1.29 is 9.59 Å². The molecule has 126 valence electrons. The number of hydrogen-bond donors (Lipinski definition) is 2. The molecule has 0 unspecified atom stereocenters. The molecule has 2 amide bonds. The molecule has 0 radical (unpaired) electrons. The van der Waals surface area contributed by atoms with Gasteiger partial charge in [0.05, 0.1) is 0 Å². The fourth-order valence-electron chi connectivity index (χ4n) is 2.65. The van der Waals surface area contributed by atoms with E-state index in [1.54, 1.807) is 0 Å². The van der Waals surface area contributed by atoms with E-state index in [4.69, 9.17) is 0 Å². The van der Waals surface area contributed by atoms with Crippen molar-refractivity contribution in [1.29, 1.82) is 0 Å². The van der Waals surface area contributed by atoms with Gasteiger partial charge >= 0.3 is 11.8 Å². The summed E-state index contributed by atoms with van der Waals surface area (Å²) in [7, 11) is 0. The van der Waals surface area contributed by atoms with Gasteiger partial charge in [0.15, 0.2) is 0 Å². The minimum Gasteiger partial charge on any atom is -0.318 e. The molecule has 0 heterocycles. The third-order valence-corrected chi connectivity index (χ3v) is 4.00. The molecule has 0 bridgehead atoms. The van der Waals surface area contributed by atoms with Gasteiger partial charge in [0.2, 0.25) is 0 Å². The van der Waals surface area contributed by atoms with Gasteiger partial charge in [-0.05, 0) is 49.4 Å². The van der Waals surface area contributed by atoms with Crippen molar-refractivity contribution in [2.75, 3.05) is 10.6 Å². The summed E-state index contributed by atoms with van der Waals surface area (Å²) in [5.74, 6) is -1.08. The van der Waals surface area contributed by atoms with Crippen molar-refractivity contribution in [3.05, 3.63) is 58.7 Å². The van der Waals surface area contributed by atoms with Crippen LogP contribution in [0.4, 0.5) is 11.4 Å². The Balaban J connectivity index is 2.17. The number of carbonyl (C=O) groups excluding carboxylic acids is 2. The Morgan fingerprint density at radius 1 is 0.875 bits per heavy atom. The third kappa shape index (κ3) is 4.02. The number of aryl methyl sites for hydroxylation is 3. The van der Waals surface area contributed by atoms with Crippen LogP contribution in [0.3, 0.4) is 0 Å². The SMILES string of the molecule is Cc1ccc(NC(=O)C(=O)Nc2c(C)cccc2C(C)C)c(C)c1. The number of benzene rings is 2. The van der Waals surface area contributed by atoms with Crippen LogP contribution in [-0.2, 0) is 9.59 Å². The summed E-state index contributed by atoms with van der Waals surface area (Å²) in [4.78, 5) is 24.5. The van der Waals surface area contributed by atoms with E-state index < -0.39 is 11.8 Å². The van der Waals surface area contributed by atoms with Gasteiger partial charge in [-0.2, -0.15) is 0 Å². The lowest BCUT2D eigenvalue weighted by molar-refractivity contribution is -0.133. The molecular formula is C20H24N2O2. The van der Waals surface area contributed by atoms with Crippen molar-refractivity contribution in [2.45, 2.75) is 40.5 Å². The van der Waals surface area contributed by atoms with Crippen molar-refractivity contribution in [3.63, 3.8) is 0 Å². The van der Waals surface area contributed by atoms with Gasteiger partial charge < -0.3 is 10.6 Å². The van der Waals surface area contributed by atoms with Crippen LogP contribution in [0.1, 0.15) is 42.0 Å². The van der Waals surface area contributed by atoms with Crippen molar-refractivity contribution >= 4 is 23.2 Å². The minimum atomic E-state index is -0.667. The quantitative estimate of drug-likeness (QED) is 0.826. The maximum atomic E-state index is 12.3. The van der Waals surface area contributed by atoms with E-state index in [2.05, 4.69) is 24.5 Å². The van der Waals surface area contributed by atoms with Gasteiger partial charge in [0, 0.05) is 11.4 Å². The Morgan fingerprint density at radius 3 is 2.17 bits per heavy atom. The maximum Gasteiger partial charge on any atom is 0.314 e. The molecule has 0 fully saturated rings. The molecule has 0 aliphatic carbocycles. The van der Waals surface area contributed by atoms with E-state index in [0.29, 0.717) is 11.4 Å². The van der Waals surface area contributed by atoms with Crippen LogP contribution in [0.5, 0.6) is 0 Å². The number of hydrogen-bond acceptors (Lipinski definition) is 2. The predicted molar refractivity (Wildman–Crippen MR) is 98.4 cm³/mol. The average Bonchev–Trinajstić information content (AvgIpc) is 2.51. The molecule has 2 N–H and O–H groups in total. The molecule has 0 aromatic heterocycles. The molecule has 24 heavy (non-hydrogen) atoms. The van der Waals surface area contributed by atoms with Crippen LogP contribution >= 0.6 is 0 Å². The lowest BCUT2D eigenvalue weighted by Crippen LogP contribution is -2.30. The monoisotopic (exact) mass is 324 g/mol. The van der Waals surface area contributed by atoms with Crippen LogP contribution in [0, 0.1) is 20.8 Å². The predicted octanol–water partition coefficient (Wildman–Crippen LogP) is 4.31. The molecule has 0 saturated heterocycles. The number of carbonyl (C=O) groups is 2. The second kappa shape index (κ2) is 7.30. The fraction of sp³-hybridized carbons (Fsp3) is 0.300. The molecule has 2 aromatic rings. The second-order valence-electron chi connectivity index (χ2n) is 6.42. The highest BCUT2D eigenvalue weighted by atomic mass is 16.2. The number of para-hydroxylation sites is 1. The van der Waals surface area contributed by atoms with Crippen LogP contribution in [0.2, 0.25) is 0 Å². The van der Waals surface area contributed by atoms with Gasteiger partial charge in [-0.25, -0.2) is 0 Å². The first-order valence-electron chi connectivity index (χ1n) is 8.08. The zero-order valence-electron chi connectivity index (χ0n) is 14.9.